The van der Waals surface area contributed by atoms with E-state index >= 15 is 0 Å². The van der Waals surface area contributed by atoms with E-state index in [0.29, 0.717) is 0 Å². The van der Waals surface area contributed by atoms with Gasteiger partial charge < -0.3 is 14.9 Å². The number of hydrogen-bond donors (Lipinski definition) is 1. The van der Waals surface area contributed by atoms with Gasteiger partial charge in [0.05, 0.1) is 18.1 Å². The molecule has 0 bridgehead atoms. The fraction of sp³-hybridized carbons (Fsp3) is 0.545. The third-order valence-electron chi connectivity index (χ3n) is 2.13. The standard InChI is InChI=1S/C11H17NO3S/c1-7-4-5-9(15-7)11(8(2)12)16-6-10(13)14-3/h4-5,8,11H,6,12H2,1-3H3. The van der Waals surface area contributed by atoms with Crippen molar-refractivity contribution < 1.29 is 13.9 Å². The van der Waals surface area contributed by atoms with E-state index < -0.39 is 0 Å². The van der Waals surface area contributed by atoms with Crippen LogP contribution in [0.5, 0.6) is 0 Å². The van der Waals surface area contributed by atoms with Crippen molar-refractivity contribution in [3.05, 3.63) is 23.7 Å². The number of esters is 1. The Bertz CT molecular complexity index is 349. The zero-order chi connectivity index (χ0) is 12.1. The van der Waals surface area contributed by atoms with Gasteiger partial charge in [0.1, 0.15) is 11.5 Å². The highest BCUT2D eigenvalue weighted by Crippen LogP contribution is 2.32. The predicted octanol–water partition coefficient (Wildman–Crippen LogP) is 1.88. The van der Waals surface area contributed by atoms with Crippen LogP contribution in [0.4, 0.5) is 0 Å². The van der Waals surface area contributed by atoms with Crippen molar-refractivity contribution in [2.75, 3.05) is 12.9 Å². The molecule has 0 aliphatic rings. The third-order valence-corrected chi connectivity index (χ3v) is 3.55. The quantitative estimate of drug-likeness (QED) is 0.800. The summed E-state index contributed by atoms with van der Waals surface area (Å²) in [5.74, 6) is 1.68. The largest absolute Gasteiger partial charge is 0.468 e. The topological polar surface area (TPSA) is 65.5 Å². The molecule has 0 aliphatic carbocycles. The number of ether oxygens (including phenoxy) is 1. The number of carbonyl (C=O) groups excluding carboxylic acids is 1. The van der Waals surface area contributed by atoms with Gasteiger partial charge in [0.15, 0.2) is 0 Å². The first-order chi connectivity index (χ1) is 7.54. The molecule has 90 valence electrons. The first-order valence-corrected chi connectivity index (χ1v) is 6.09. The molecule has 0 saturated heterocycles. The zero-order valence-electron chi connectivity index (χ0n) is 9.73. The van der Waals surface area contributed by atoms with E-state index in [1.54, 1.807) is 0 Å². The van der Waals surface area contributed by atoms with E-state index in [0.717, 1.165) is 11.5 Å². The molecule has 2 N–H and O–H groups in total. The van der Waals surface area contributed by atoms with Crippen molar-refractivity contribution in [3.63, 3.8) is 0 Å². The summed E-state index contributed by atoms with van der Waals surface area (Å²) in [5, 5.41) is -0.0206. The van der Waals surface area contributed by atoms with Crippen molar-refractivity contribution in [2.24, 2.45) is 5.73 Å². The number of rotatable bonds is 5. The number of hydrogen-bond acceptors (Lipinski definition) is 5. The molecular weight excluding hydrogens is 226 g/mol. The van der Waals surface area contributed by atoms with Crippen molar-refractivity contribution >= 4 is 17.7 Å². The van der Waals surface area contributed by atoms with Crippen LogP contribution in [0.25, 0.3) is 0 Å². The van der Waals surface area contributed by atoms with Crippen LogP contribution in [0.2, 0.25) is 0 Å². The Hall–Kier alpha value is -0.940. The average Bonchev–Trinajstić information content (AvgIpc) is 2.64. The molecule has 0 aromatic carbocycles. The Labute approximate surface area is 99.5 Å². The highest BCUT2D eigenvalue weighted by atomic mass is 32.2. The van der Waals surface area contributed by atoms with Crippen LogP contribution in [0.15, 0.2) is 16.5 Å². The highest BCUT2D eigenvalue weighted by molar-refractivity contribution is 8.00. The Morgan fingerprint density at radius 3 is 2.75 bits per heavy atom. The maximum Gasteiger partial charge on any atom is 0.315 e. The summed E-state index contributed by atoms with van der Waals surface area (Å²) in [4.78, 5) is 11.1. The average molecular weight is 243 g/mol. The molecule has 2 unspecified atom stereocenters. The summed E-state index contributed by atoms with van der Waals surface area (Å²) in [6.07, 6.45) is 0. The van der Waals surface area contributed by atoms with Crippen molar-refractivity contribution in [3.8, 4) is 0 Å². The van der Waals surface area contributed by atoms with Gasteiger partial charge in [0.25, 0.3) is 0 Å². The minimum Gasteiger partial charge on any atom is -0.468 e. The maximum absolute atomic E-state index is 11.1. The van der Waals surface area contributed by atoms with Crippen LogP contribution in [-0.4, -0.2) is 24.9 Å². The number of furan rings is 1. The predicted molar refractivity (Wildman–Crippen MR) is 64.3 cm³/mol. The number of methoxy groups -OCH3 is 1. The number of thioether (sulfide) groups is 1. The Morgan fingerprint density at radius 2 is 2.31 bits per heavy atom. The molecule has 0 radical (unpaired) electrons. The molecule has 0 spiro atoms. The summed E-state index contributed by atoms with van der Waals surface area (Å²) in [6.45, 7) is 3.78. The lowest BCUT2D eigenvalue weighted by molar-refractivity contribution is -0.137. The first kappa shape index (κ1) is 13.1. The summed E-state index contributed by atoms with van der Waals surface area (Å²) in [6, 6.07) is 3.71. The van der Waals surface area contributed by atoms with Crippen LogP contribution in [0.3, 0.4) is 0 Å². The SMILES string of the molecule is COC(=O)CSC(c1ccc(C)o1)C(C)N. The summed E-state index contributed by atoms with van der Waals surface area (Å²) in [7, 11) is 1.38. The first-order valence-electron chi connectivity index (χ1n) is 5.05. The fourth-order valence-electron chi connectivity index (χ4n) is 1.32. The molecule has 0 amide bonds. The lowest BCUT2D eigenvalue weighted by atomic mass is 10.2. The van der Waals surface area contributed by atoms with E-state index in [-0.39, 0.29) is 23.0 Å². The maximum atomic E-state index is 11.1. The van der Waals surface area contributed by atoms with Crippen LogP contribution < -0.4 is 5.73 Å². The molecule has 0 fully saturated rings. The number of nitrogens with two attached hydrogens (primary N) is 1. The second-order valence-corrected chi connectivity index (χ2v) is 4.75. The fourth-order valence-corrected chi connectivity index (χ4v) is 2.34. The second kappa shape index (κ2) is 5.96. The van der Waals surface area contributed by atoms with Crippen LogP contribution in [-0.2, 0) is 9.53 Å². The van der Waals surface area contributed by atoms with Crippen LogP contribution >= 0.6 is 11.8 Å². The number of aryl methyl sites for hydroxylation is 1. The van der Waals surface area contributed by atoms with E-state index in [4.69, 9.17) is 10.2 Å². The van der Waals surface area contributed by atoms with E-state index in [2.05, 4.69) is 4.74 Å². The smallest absolute Gasteiger partial charge is 0.315 e. The molecule has 1 heterocycles. The van der Waals surface area contributed by atoms with Crippen LogP contribution in [0.1, 0.15) is 23.7 Å². The van der Waals surface area contributed by atoms with E-state index in [1.807, 2.05) is 26.0 Å². The summed E-state index contributed by atoms with van der Waals surface area (Å²) >= 11 is 1.44. The van der Waals surface area contributed by atoms with Gasteiger partial charge >= 0.3 is 5.97 Å². The molecule has 1 rings (SSSR count). The van der Waals surface area contributed by atoms with Gasteiger partial charge in [-0.25, -0.2) is 0 Å². The van der Waals surface area contributed by atoms with Gasteiger partial charge in [-0.3, -0.25) is 4.79 Å². The normalized spacial score (nSPS) is 14.5. The molecule has 1 aromatic rings. The van der Waals surface area contributed by atoms with Gasteiger partial charge in [0.2, 0.25) is 0 Å². The second-order valence-electron chi connectivity index (χ2n) is 3.62. The zero-order valence-corrected chi connectivity index (χ0v) is 10.5. The Morgan fingerprint density at radius 1 is 1.62 bits per heavy atom. The molecule has 2 atom stereocenters. The number of carbonyl (C=O) groups is 1. The monoisotopic (exact) mass is 243 g/mol. The molecule has 1 aromatic heterocycles. The van der Waals surface area contributed by atoms with Crippen molar-refractivity contribution in [1.29, 1.82) is 0 Å². The minimum absolute atomic E-state index is 0.0206. The van der Waals surface area contributed by atoms with Crippen molar-refractivity contribution in [2.45, 2.75) is 25.1 Å². The molecular formula is C11H17NO3S. The van der Waals surface area contributed by atoms with Crippen molar-refractivity contribution in [1.82, 2.24) is 0 Å². The van der Waals surface area contributed by atoms with Gasteiger partial charge in [-0.1, -0.05) is 0 Å². The van der Waals surface area contributed by atoms with Gasteiger partial charge in [0, 0.05) is 6.04 Å². The van der Waals surface area contributed by atoms with Gasteiger partial charge in [-0.05, 0) is 26.0 Å². The van der Waals surface area contributed by atoms with E-state index in [1.165, 1.54) is 18.9 Å². The summed E-state index contributed by atoms with van der Waals surface area (Å²) < 4.78 is 10.1. The lowest BCUT2D eigenvalue weighted by Crippen LogP contribution is -2.23. The minimum atomic E-state index is -0.251. The van der Waals surface area contributed by atoms with Crippen LogP contribution in [0, 0.1) is 6.92 Å². The van der Waals surface area contributed by atoms with Gasteiger partial charge in [-0.2, -0.15) is 0 Å². The summed E-state index contributed by atoms with van der Waals surface area (Å²) in [5.41, 5.74) is 5.87. The molecule has 0 saturated carbocycles. The molecule has 4 nitrogen and oxygen atoms in total. The third kappa shape index (κ3) is 3.57. The Kier molecular flexibility index (Phi) is 4.89. The molecule has 16 heavy (non-hydrogen) atoms. The highest BCUT2D eigenvalue weighted by Gasteiger charge is 2.21. The Balaban J connectivity index is 2.65. The van der Waals surface area contributed by atoms with Gasteiger partial charge in [-0.15, -0.1) is 11.8 Å². The molecule has 0 aliphatic heterocycles. The lowest BCUT2D eigenvalue weighted by Gasteiger charge is -2.17. The molecule has 5 heteroatoms. The van der Waals surface area contributed by atoms with E-state index in [9.17, 15) is 4.79 Å².